The van der Waals surface area contributed by atoms with Crippen LogP contribution in [0.1, 0.15) is 26.7 Å². The Balaban J connectivity index is 2.07. The number of aromatic nitrogens is 1. The van der Waals surface area contributed by atoms with Gasteiger partial charge in [0.25, 0.3) is 15.8 Å². The Morgan fingerprint density at radius 2 is 1.59 bits per heavy atom. The summed E-state index contributed by atoms with van der Waals surface area (Å²) in [4.78, 5) is 23.4. The van der Waals surface area contributed by atoms with E-state index in [0.29, 0.717) is 5.39 Å². The second-order valence-corrected chi connectivity index (χ2v) is 8.77. The van der Waals surface area contributed by atoms with E-state index >= 15 is 0 Å². The van der Waals surface area contributed by atoms with E-state index in [1.807, 2.05) is 6.92 Å². The third-order valence-corrected chi connectivity index (χ3v) is 6.67. The molecule has 0 unspecified atom stereocenters. The molecule has 0 amide bonds. The molecular formula is C22H17NO8S. The van der Waals surface area contributed by atoms with Crippen LogP contribution in [0.3, 0.4) is 0 Å². The molecule has 0 saturated carbocycles. The number of hydrogen-bond acceptors (Lipinski definition) is 6. The molecule has 2 N–H and O–H groups in total. The number of aromatic carboxylic acids is 2. The number of ether oxygens (including phenoxy) is 1. The maximum Gasteiger partial charge on any atom is 0.375 e. The van der Waals surface area contributed by atoms with Gasteiger partial charge in [0.2, 0.25) is 5.76 Å². The number of furan rings is 1. The first-order valence-electron chi connectivity index (χ1n) is 9.27. The molecule has 32 heavy (non-hydrogen) atoms. The number of carboxylic acids is 2. The minimum atomic E-state index is -4.05. The second kappa shape index (κ2) is 7.57. The van der Waals surface area contributed by atoms with Crippen LogP contribution in [0, 0.1) is 6.92 Å². The fraction of sp³-hybridized carbons (Fsp3) is 0.0909. The van der Waals surface area contributed by atoms with Gasteiger partial charge in [-0.05, 0) is 25.1 Å². The SMILES string of the molecule is COc1c(C(=O)O)oc(C(=O)O)c1-c1cn(S(=O)(=O)c2ccc(C)cc2)c2ccccc12. The third-order valence-electron chi connectivity index (χ3n) is 4.98. The molecule has 2 heterocycles. The summed E-state index contributed by atoms with van der Waals surface area (Å²) in [6, 6.07) is 12.7. The van der Waals surface area contributed by atoms with Crippen LogP contribution in [-0.4, -0.2) is 41.7 Å². The lowest BCUT2D eigenvalue weighted by Crippen LogP contribution is -2.11. The molecule has 0 radical (unpaired) electrons. The number of benzene rings is 2. The Bertz CT molecular complexity index is 1480. The number of methoxy groups -OCH3 is 1. The zero-order valence-electron chi connectivity index (χ0n) is 16.9. The van der Waals surface area contributed by atoms with Crippen LogP contribution in [0.5, 0.6) is 5.75 Å². The minimum Gasteiger partial charge on any atom is -0.492 e. The maximum atomic E-state index is 13.4. The van der Waals surface area contributed by atoms with E-state index < -0.39 is 33.5 Å². The smallest absolute Gasteiger partial charge is 0.375 e. The quantitative estimate of drug-likeness (QED) is 0.447. The first-order chi connectivity index (χ1) is 15.2. The Morgan fingerprint density at radius 3 is 2.19 bits per heavy atom. The van der Waals surface area contributed by atoms with Gasteiger partial charge in [0, 0.05) is 17.1 Å². The number of hydrogen-bond donors (Lipinski definition) is 2. The summed E-state index contributed by atoms with van der Waals surface area (Å²) in [5.74, 6) is -4.73. The standard InChI is InChI=1S/C22H17NO8S/c1-12-7-9-13(10-8-12)32(28,29)23-11-15(14-5-3-4-6-16(14)23)17-18(30-2)20(22(26)27)31-19(17)21(24)25/h3-11H,1-2H3,(H,24,25)(H,26,27). The molecule has 0 aliphatic carbocycles. The fourth-order valence-corrected chi connectivity index (χ4v) is 4.89. The van der Waals surface area contributed by atoms with Crippen LogP contribution in [0.25, 0.3) is 22.0 Å². The van der Waals surface area contributed by atoms with Crippen molar-refractivity contribution in [2.75, 3.05) is 7.11 Å². The van der Waals surface area contributed by atoms with Crippen LogP contribution in [-0.2, 0) is 10.0 Å². The van der Waals surface area contributed by atoms with Crippen LogP contribution >= 0.6 is 0 Å². The molecule has 164 valence electrons. The summed E-state index contributed by atoms with van der Waals surface area (Å²) in [6.07, 6.45) is 1.24. The highest BCUT2D eigenvalue weighted by Gasteiger charge is 2.33. The van der Waals surface area contributed by atoms with Crippen LogP contribution in [0.4, 0.5) is 0 Å². The van der Waals surface area contributed by atoms with Crippen LogP contribution in [0.15, 0.2) is 64.0 Å². The van der Waals surface area contributed by atoms with Crippen molar-refractivity contribution in [3.63, 3.8) is 0 Å². The van der Waals surface area contributed by atoms with Crippen molar-refractivity contribution in [3.8, 4) is 16.9 Å². The van der Waals surface area contributed by atoms with Gasteiger partial charge in [0.1, 0.15) is 0 Å². The lowest BCUT2D eigenvalue weighted by Gasteiger charge is -2.07. The maximum absolute atomic E-state index is 13.4. The van der Waals surface area contributed by atoms with Gasteiger partial charge < -0.3 is 19.4 Å². The summed E-state index contributed by atoms with van der Waals surface area (Å²) in [6.45, 7) is 1.83. The predicted octanol–water partition coefficient (Wildman–Crippen LogP) is 3.85. The van der Waals surface area contributed by atoms with Gasteiger partial charge in [-0.1, -0.05) is 35.9 Å². The Labute approximate surface area is 182 Å². The van der Waals surface area contributed by atoms with E-state index in [2.05, 4.69) is 0 Å². The molecule has 10 heteroatoms. The van der Waals surface area contributed by atoms with Gasteiger partial charge in [-0.25, -0.2) is 22.0 Å². The van der Waals surface area contributed by atoms with Crippen LogP contribution < -0.4 is 4.74 Å². The molecule has 4 rings (SSSR count). The predicted molar refractivity (Wildman–Crippen MR) is 114 cm³/mol. The highest BCUT2D eigenvalue weighted by molar-refractivity contribution is 7.90. The first-order valence-corrected chi connectivity index (χ1v) is 10.7. The first kappa shape index (κ1) is 21.2. The average Bonchev–Trinajstić information content (AvgIpc) is 3.33. The van der Waals surface area contributed by atoms with Gasteiger partial charge >= 0.3 is 11.9 Å². The van der Waals surface area contributed by atoms with Gasteiger partial charge in [0.05, 0.1) is 23.1 Å². The molecule has 0 spiro atoms. The van der Waals surface area contributed by atoms with E-state index in [4.69, 9.17) is 9.15 Å². The summed E-state index contributed by atoms with van der Waals surface area (Å²) >= 11 is 0. The van der Waals surface area contributed by atoms with Gasteiger partial charge in [-0.15, -0.1) is 0 Å². The zero-order chi connectivity index (χ0) is 23.2. The van der Waals surface area contributed by atoms with E-state index in [9.17, 15) is 28.2 Å². The zero-order valence-corrected chi connectivity index (χ0v) is 17.7. The number of aryl methyl sites for hydroxylation is 1. The molecule has 0 saturated heterocycles. The molecule has 2 aromatic heterocycles. The second-order valence-electron chi connectivity index (χ2n) is 6.95. The van der Waals surface area contributed by atoms with Crippen molar-refractivity contribution < 1.29 is 37.4 Å². The normalized spacial score (nSPS) is 11.6. The van der Waals surface area contributed by atoms with Crippen molar-refractivity contribution in [2.24, 2.45) is 0 Å². The Kier molecular flexibility index (Phi) is 5.02. The van der Waals surface area contributed by atoms with Crippen molar-refractivity contribution >= 4 is 32.9 Å². The molecule has 2 aromatic carbocycles. The van der Waals surface area contributed by atoms with Crippen molar-refractivity contribution in [1.82, 2.24) is 3.97 Å². The minimum absolute atomic E-state index is 0.0410. The largest absolute Gasteiger partial charge is 0.492 e. The van der Waals surface area contributed by atoms with Gasteiger partial charge in [0.15, 0.2) is 5.75 Å². The lowest BCUT2D eigenvalue weighted by molar-refractivity contribution is 0.0630. The topological polar surface area (TPSA) is 136 Å². The van der Waals surface area contributed by atoms with E-state index in [1.165, 1.54) is 25.4 Å². The number of para-hydroxylation sites is 1. The van der Waals surface area contributed by atoms with Crippen molar-refractivity contribution in [1.29, 1.82) is 0 Å². The number of carboxylic acid groups (broad SMARTS) is 2. The summed E-state index contributed by atoms with van der Waals surface area (Å²) in [5.41, 5.74) is 1.14. The number of nitrogens with zero attached hydrogens (tertiary/aromatic N) is 1. The van der Waals surface area contributed by atoms with E-state index in [0.717, 1.165) is 9.54 Å². The average molecular weight is 455 g/mol. The molecule has 4 aromatic rings. The van der Waals surface area contributed by atoms with Gasteiger partial charge in [-0.2, -0.15) is 0 Å². The molecular weight excluding hydrogens is 438 g/mol. The van der Waals surface area contributed by atoms with Crippen LogP contribution in [0.2, 0.25) is 0 Å². The van der Waals surface area contributed by atoms with Gasteiger partial charge in [-0.3, -0.25) is 0 Å². The summed E-state index contributed by atoms with van der Waals surface area (Å²) in [5, 5.41) is 19.4. The lowest BCUT2D eigenvalue weighted by atomic mass is 10.0. The Morgan fingerprint density at radius 1 is 0.969 bits per heavy atom. The fourth-order valence-electron chi connectivity index (χ4n) is 3.52. The molecule has 0 aliphatic rings. The van der Waals surface area contributed by atoms with Crippen molar-refractivity contribution in [2.45, 2.75) is 11.8 Å². The number of fused-ring (bicyclic) bond motifs is 1. The molecule has 0 bridgehead atoms. The molecule has 9 nitrogen and oxygen atoms in total. The number of carbonyl (C=O) groups is 2. The molecule has 0 fully saturated rings. The molecule has 0 aliphatic heterocycles. The highest BCUT2D eigenvalue weighted by atomic mass is 32.2. The summed E-state index contributed by atoms with van der Waals surface area (Å²) < 4.78 is 38.0. The van der Waals surface area contributed by atoms with E-state index in [1.54, 1.807) is 36.4 Å². The Hall–Kier alpha value is -4.05. The third kappa shape index (κ3) is 3.21. The van der Waals surface area contributed by atoms with Crippen molar-refractivity contribution in [3.05, 3.63) is 71.8 Å². The molecule has 0 atom stereocenters. The monoisotopic (exact) mass is 455 g/mol. The number of rotatable bonds is 6. The highest BCUT2D eigenvalue weighted by Crippen LogP contribution is 2.43. The van der Waals surface area contributed by atoms with E-state index in [-0.39, 0.29) is 27.3 Å². The summed E-state index contributed by atoms with van der Waals surface area (Å²) in [7, 11) is -2.87.